The average Bonchev–Trinajstić information content (AvgIpc) is 2.85. The molecule has 0 saturated heterocycles. The van der Waals surface area contributed by atoms with Crippen LogP contribution in [0.5, 0.6) is 0 Å². The van der Waals surface area contributed by atoms with Crippen LogP contribution in [0.25, 0.3) is 0 Å². The maximum Gasteiger partial charge on any atom is 0.226 e. The van der Waals surface area contributed by atoms with Gasteiger partial charge < -0.3 is 15.5 Å². The van der Waals surface area contributed by atoms with Crippen molar-refractivity contribution < 1.29 is 9.21 Å². The van der Waals surface area contributed by atoms with E-state index in [4.69, 9.17) is 10.2 Å². The average molecular weight is 251 g/mol. The fraction of sp³-hybridized carbons (Fsp3) is 0.273. The van der Waals surface area contributed by atoms with Crippen LogP contribution < -0.4 is 11.1 Å². The Labute approximate surface area is 103 Å². The molecular formula is C11H13N3O2S. The molecule has 5 nitrogen and oxygen atoms in total. The fourth-order valence-corrected chi connectivity index (χ4v) is 1.96. The number of hydrogen-bond acceptors (Lipinski definition) is 5. The predicted octanol–water partition coefficient (Wildman–Crippen LogP) is 1.49. The fourth-order valence-electron chi connectivity index (χ4n) is 1.40. The van der Waals surface area contributed by atoms with Crippen LogP contribution in [-0.2, 0) is 17.8 Å². The van der Waals surface area contributed by atoms with Crippen LogP contribution in [-0.4, -0.2) is 10.9 Å². The molecule has 0 aliphatic rings. The Balaban J connectivity index is 1.82. The van der Waals surface area contributed by atoms with Crippen molar-refractivity contribution in [2.75, 3.05) is 5.73 Å². The third kappa shape index (κ3) is 3.32. The van der Waals surface area contributed by atoms with Crippen LogP contribution in [0.3, 0.4) is 0 Å². The molecule has 0 saturated carbocycles. The summed E-state index contributed by atoms with van der Waals surface area (Å²) < 4.78 is 5.34. The molecule has 17 heavy (non-hydrogen) atoms. The van der Waals surface area contributed by atoms with E-state index in [0.717, 1.165) is 11.5 Å². The van der Waals surface area contributed by atoms with E-state index < -0.39 is 0 Å². The lowest BCUT2D eigenvalue weighted by molar-refractivity contribution is -0.120. The normalized spacial score (nSPS) is 10.4. The molecular weight excluding hydrogens is 238 g/mol. The van der Waals surface area contributed by atoms with Gasteiger partial charge in [-0.3, -0.25) is 4.79 Å². The number of aromatic nitrogens is 1. The first-order chi connectivity index (χ1) is 8.13. The lowest BCUT2D eigenvalue weighted by Gasteiger charge is -2.01. The number of amides is 1. The quantitative estimate of drug-likeness (QED) is 0.862. The molecule has 0 aliphatic carbocycles. The summed E-state index contributed by atoms with van der Waals surface area (Å²) in [6.07, 6.45) is 0.243. The van der Waals surface area contributed by atoms with E-state index in [9.17, 15) is 4.79 Å². The number of furan rings is 1. The Morgan fingerprint density at radius 1 is 1.59 bits per heavy atom. The van der Waals surface area contributed by atoms with E-state index >= 15 is 0 Å². The Hall–Kier alpha value is -1.82. The summed E-state index contributed by atoms with van der Waals surface area (Å²) in [5.74, 6) is 1.49. The van der Waals surface area contributed by atoms with Crippen LogP contribution in [0.1, 0.15) is 17.2 Å². The topological polar surface area (TPSA) is 81.2 Å². The highest BCUT2D eigenvalue weighted by Gasteiger charge is 2.07. The lowest BCUT2D eigenvalue weighted by Crippen LogP contribution is -2.24. The molecule has 0 fully saturated rings. The van der Waals surface area contributed by atoms with Gasteiger partial charge in [0.2, 0.25) is 5.91 Å². The molecule has 1 amide bonds. The first-order valence-corrected chi connectivity index (χ1v) is 6.03. The number of anilines is 1. The molecule has 0 radical (unpaired) electrons. The molecule has 0 atom stereocenters. The van der Waals surface area contributed by atoms with Gasteiger partial charge in [-0.2, -0.15) is 0 Å². The van der Waals surface area contributed by atoms with Gasteiger partial charge in [0.15, 0.2) is 5.13 Å². The number of thiazole rings is 1. The lowest BCUT2D eigenvalue weighted by atomic mass is 10.3. The molecule has 0 aromatic carbocycles. The van der Waals surface area contributed by atoms with Crippen molar-refractivity contribution in [1.82, 2.24) is 10.3 Å². The minimum Gasteiger partial charge on any atom is -0.465 e. The van der Waals surface area contributed by atoms with Crippen molar-refractivity contribution in [2.45, 2.75) is 19.9 Å². The summed E-state index contributed by atoms with van der Waals surface area (Å²) in [6.45, 7) is 2.26. The second-order valence-electron chi connectivity index (χ2n) is 3.64. The maximum atomic E-state index is 11.6. The smallest absolute Gasteiger partial charge is 0.226 e. The van der Waals surface area contributed by atoms with Gasteiger partial charge in [-0.15, -0.1) is 11.3 Å². The third-order valence-corrected chi connectivity index (χ3v) is 2.89. The Kier molecular flexibility index (Phi) is 3.43. The van der Waals surface area contributed by atoms with Gasteiger partial charge in [0.05, 0.1) is 18.7 Å². The molecule has 2 aromatic heterocycles. The molecule has 3 N–H and O–H groups in total. The van der Waals surface area contributed by atoms with E-state index in [-0.39, 0.29) is 12.3 Å². The highest BCUT2D eigenvalue weighted by molar-refractivity contribution is 7.13. The summed E-state index contributed by atoms with van der Waals surface area (Å²) in [7, 11) is 0. The number of carbonyl (C=O) groups is 1. The van der Waals surface area contributed by atoms with Gasteiger partial charge >= 0.3 is 0 Å². The molecule has 0 bridgehead atoms. The van der Waals surface area contributed by atoms with Gasteiger partial charge in [-0.05, 0) is 19.1 Å². The van der Waals surface area contributed by atoms with Crippen LogP contribution in [0, 0.1) is 6.92 Å². The van der Waals surface area contributed by atoms with Crippen molar-refractivity contribution in [2.24, 2.45) is 0 Å². The minimum atomic E-state index is -0.0932. The van der Waals surface area contributed by atoms with Crippen molar-refractivity contribution in [3.63, 3.8) is 0 Å². The minimum absolute atomic E-state index is 0.0932. The summed E-state index contributed by atoms with van der Waals surface area (Å²) >= 11 is 1.33. The van der Waals surface area contributed by atoms with Crippen molar-refractivity contribution >= 4 is 22.4 Å². The zero-order valence-electron chi connectivity index (χ0n) is 9.40. The van der Waals surface area contributed by atoms with Crippen molar-refractivity contribution in [3.05, 3.63) is 34.7 Å². The van der Waals surface area contributed by atoms with E-state index in [1.165, 1.54) is 11.3 Å². The van der Waals surface area contributed by atoms with Crippen LogP contribution in [0.2, 0.25) is 0 Å². The monoisotopic (exact) mass is 251 g/mol. The van der Waals surface area contributed by atoms with Crippen LogP contribution in [0.15, 0.2) is 21.9 Å². The number of nitrogen functional groups attached to an aromatic ring is 1. The van der Waals surface area contributed by atoms with E-state index in [1.54, 1.807) is 5.38 Å². The van der Waals surface area contributed by atoms with Gasteiger partial charge in [0.1, 0.15) is 11.5 Å². The van der Waals surface area contributed by atoms with Crippen molar-refractivity contribution in [3.8, 4) is 0 Å². The Bertz CT molecular complexity index is 518. The summed E-state index contributed by atoms with van der Waals surface area (Å²) in [5.41, 5.74) is 6.18. The van der Waals surface area contributed by atoms with Gasteiger partial charge in [-0.1, -0.05) is 0 Å². The largest absolute Gasteiger partial charge is 0.465 e. The molecule has 2 aromatic rings. The molecule has 2 heterocycles. The molecule has 0 spiro atoms. The maximum absolute atomic E-state index is 11.6. The predicted molar refractivity (Wildman–Crippen MR) is 65.5 cm³/mol. The number of carbonyl (C=O) groups excluding carboxylic acids is 1. The number of nitrogens with zero attached hydrogens (tertiary/aromatic N) is 1. The number of rotatable bonds is 4. The van der Waals surface area contributed by atoms with E-state index in [2.05, 4.69) is 10.3 Å². The first-order valence-electron chi connectivity index (χ1n) is 5.15. The molecule has 0 unspecified atom stereocenters. The second kappa shape index (κ2) is 5.01. The summed E-state index contributed by atoms with van der Waals surface area (Å²) in [5, 5.41) is 5.03. The zero-order valence-corrected chi connectivity index (χ0v) is 10.2. The van der Waals surface area contributed by atoms with Crippen LogP contribution >= 0.6 is 11.3 Å². The van der Waals surface area contributed by atoms with Crippen molar-refractivity contribution in [1.29, 1.82) is 0 Å². The van der Waals surface area contributed by atoms with E-state index in [0.29, 0.717) is 17.4 Å². The number of nitrogens with two attached hydrogens (primary N) is 1. The standard InChI is InChI=1S/C11H13N3O2S/c1-7-2-3-9(16-7)5-13-10(15)4-8-6-17-11(12)14-8/h2-3,6H,4-5H2,1H3,(H2,12,14)(H,13,15). The highest BCUT2D eigenvalue weighted by atomic mass is 32.1. The SMILES string of the molecule is Cc1ccc(CNC(=O)Cc2csc(N)n2)o1. The summed E-state index contributed by atoms with van der Waals surface area (Å²) in [6, 6.07) is 3.71. The Morgan fingerprint density at radius 3 is 3.00 bits per heavy atom. The molecule has 0 aliphatic heterocycles. The molecule has 6 heteroatoms. The van der Waals surface area contributed by atoms with Gasteiger partial charge in [0.25, 0.3) is 0 Å². The van der Waals surface area contributed by atoms with Crippen LogP contribution in [0.4, 0.5) is 5.13 Å². The van der Waals surface area contributed by atoms with Gasteiger partial charge in [-0.25, -0.2) is 4.98 Å². The second-order valence-corrected chi connectivity index (χ2v) is 4.53. The molecule has 90 valence electrons. The Morgan fingerprint density at radius 2 is 2.41 bits per heavy atom. The number of nitrogens with one attached hydrogen (secondary N) is 1. The highest BCUT2D eigenvalue weighted by Crippen LogP contribution is 2.11. The number of aryl methyl sites for hydroxylation is 1. The third-order valence-electron chi connectivity index (χ3n) is 2.17. The number of hydrogen-bond donors (Lipinski definition) is 2. The summed E-state index contributed by atoms with van der Waals surface area (Å²) in [4.78, 5) is 15.6. The molecule has 2 rings (SSSR count). The zero-order chi connectivity index (χ0) is 12.3. The first kappa shape index (κ1) is 11.7. The van der Waals surface area contributed by atoms with Gasteiger partial charge in [0, 0.05) is 5.38 Å². The van der Waals surface area contributed by atoms with E-state index in [1.807, 2.05) is 19.1 Å².